The molecule has 0 saturated heterocycles. The maximum absolute atomic E-state index is 12.1. The Morgan fingerprint density at radius 3 is 2.90 bits per heavy atom. The molecule has 1 aromatic rings. The summed E-state index contributed by atoms with van der Waals surface area (Å²) >= 11 is 5.76. The minimum Gasteiger partial charge on any atom is -0.486 e. The molecular formula is C13H14ClNO5. The van der Waals surface area contributed by atoms with Gasteiger partial charge in [-0.15, -0.1) is 11.6 Å². The second kappa shape index (κ2) is 6.47. The number of hydrogen-bond acceptors (Lipinski definition) is 5. The fourth-order valence-electron chi connectivity index (χ4n) is 1.74. The lowest BCUT2D eigenvalue weighted by Gasteiger charge is -2.20. The van der Waals surface area contributed by atoms with Crippen LogP contribution in [-0.2, 0) is 9.53 Å². The van der Waals surface area contributed by atoms with Crippen LogP contribution in [-0.4, -0.2) is 44.1 Å². The Bertz CT molecular complexity index is 519. The van der Waals surface area contributed by atoms with Crippen LogP contribution in [0.15, 0.2) is 18.2 Å². The summed E-state index contributed by atoms with van der Waals surface area (Å²) in [5.41, 5.74) is 0.343. The number of methoxy groups -OCH3 is 1. The van der Waals surface area contributed by atoms with Crippen molar-refractivity contribution in [1.82, 2.24) is 5.32 Å². The first-order valence-corrected chi connectivity index (χ1v) is 6.46. The van der Waals surface area contributed by atoms with E-state index in [2.05, 4.69) is 10.1 Å². The van der Waals surface area contributed by atoms with E-state index in [-0.39, 0.29) is 12.5 Å². The molecule has 20 heavy (non-hydrogen) atoms. The highest BCUT2D eigenvalue weighted by Crippen LogP contribution is 2.33. The number of carbonyl (C=O) groups excluding carboxylic acids is 2. The molecule has 0 bridgehead atoms. The van der Waals surface area contributed by atoms with E-state index < -0.39 is 11.3 Å². The van der Waals surface area contributed by atoms with Crippen LogP contribution in [0, 0.1) is 0 Å². The molecule has 0 spiro atoms. The summed E-state index contributed by atoms with van der Waals surface area (Å²) in [6, 6.07) is 5.04. The first-order valence-electron chi connectivity index (χ1n) is 6.02. The van der Waals surface area contributed by atoms with E-state index in [0.717, 1.165) is 0 Å². The van der Waals surface area contributed by atoms with Crippen LogP contribution in [0.5, 0.6) is 11.5 Å². The van der Waals surface area contributed by atoms with Gasteiger partial charge in [-0.25, -0.2) is 0 Å². The van der Waals surface area contributed by atoms with Gasteiger partial charge < -0.3 is 19.5 Å². The predicted molar refractivity (Wildman–Crippen MR) is 71.4 cm³/mol. The average molecular weight is 300 g/mol. The van der Waals surface area contributed by atoms with Gasteiger partial charge in [-0.05, 0) is 12.1 Å². The number of nitrogens with one attached hydrogen (secondary N) is 1. The van der Waals surface area contributed by atoms with E-state index in [4.69, 9.17) is 21.1 Å². The van der Waals surface area contributed by atoms with Gasteiger partial charge in [0.1, 0.15) is 18.6 Å². The predicted octanol–water partition coefficient (Wildman–Crippen LogP) is 0.968. The molecule has 1 aromatic carbocycles. The van der Waals surface area contributed by atoms with Gasteiger partial charge in [-0.2, -0.15) is 0 Å². The second-order valence-electron chi connectivity index (χ2n) is 4.03. The number of benzene rings is 1. The van der Waals surface area contributed by atoms with Crippen LogP contribution >= 0.6 is 11.6 Å². The Kier molecular flexibility index (Phi) is 4.68. The molecule has 6 nitrogen and oxygen atoms in total. The lowest BCUT2D eigenvalue weighted by molar-refractivity contribution is -0.140. The highest BCUT2D eigenvalue weighted by Gasteiger charge is 2.22. The molecule has 0 radical (unpaired) electrons. The van der Waals surface area contributed by atoms with Gasteiger partial charge in [0.05, 0.1) is 12.7 Å². The molecule has 1 unspecified atom stereocenters. The molecule has 1 amide bonds. The number of amides is 1. The molecule has 0 saturated carbocycles. The van der Waals surface area contributed by atoms with Crippen LogP contribution < -0.4 is 14.8 Å². The number of carbonyl (C=O) groups is 2. The van der Waals surface area contributed by atoms with Crippen LogP contribution in [0.1, 0.15) is 10.4 Å². The first-order chi connectivity index (χ1) is 9.63. The van der Waals surface area contributed by atoms with Crippen LogP contribution in [0.3, 0.4) is 0 Å². The Hall–Kier alpha value is -1.95. The van der Waals surface area contributed by atoms with E-state index in [9.17, 15) is 9.59 Å². The summed E-state index contributed by atoms with van der Waals surface area (Å²) in [5.74, 6) is -0.0525. The van der Waals surface area contributed by atoms with Crippen molar-refractivity contribution in [2.75, 3.05) is 26.9 Å². The molecule has 0 aliphatic carbocycles. The monoisotopic (exact) mass is 299 g/mol. The highest BCUT2D eigenvalue weighted by atomic mass is 35.5. The number of halogens is 1. The van der Waals surface area contributed by atoms with Gasteiger partial charge >= 0.3 is 5.97 Å². The van der Waals surface area contributed by atoms with Crippen LogP contribution in [0.25, 0.3) is 0 Å². The summed E-state index contributed by atoms with van der Waals surface area (Å²) in [7, 11) is 1.23. The Labute approximate surface area is 120 Å². The number of para-hydroxylation sites is 1. The average Bonchev–Trinajstić information content (AvgIpc) is 2.50. The Morgan fingerprint density at radius 1 is 1.40 bits per heavy atom. The van der Waals surface area contributed by atoms with Crippen molar-refractivity contribution < 1.29 is 23.8 Å². The quantitative estimate of drug-likeness (QED) is 0.662. The Morgan fingerprint density at radius 2 is 2.15 bits per heavy atom. The maximum atomic E-state index is 12.1. The van der Waals surface area contributed by atoms with Crippen molar-refractivity contribution in [1.29, 1.82) is 0 Å². The number of ether oxygens (including phenoxy) is 3. The Balaban J connectivity index is 2.05. The molecule has 2 rings (SSSR count). The minimum absolute atomic E-state index is 0.0302. The molecule has 1 aliphatic heterocycles. The molecule has 1 N–H and O–H groups in total. The molecule has 0 aromatic heterocycles. The summed E-state index contributed by atoms with van der Waals surface area (Å²) < 4.78 is 15.3. The van der Waals surface area contributed by atoms with Crippen molar-refractivity contribution in [2.24, 2.45) is 0 Å². The largest absolute Gasteiger partial charge is 0.486 e. The molecule has 1 heterocycles. The van der Waals surface area contributed by atoms with Gasteiger partial charge in [0.15, 0.2) is 11.5 Å². The van der Waals surface area contributed by atoms with Crippen LogP contribution in [0.4, 0.5) is 0 Å². The smallest absolute Gasteiger partial charge is 0.325 e. The molecule has 0 fully saturated rings. The van der Waals surface area contributed by atoms with Gasteiger partial charge in [0.2, 0.25) is 0 Å². The second-order valence-corrected chi connectivity index (χ2v) is 4.56. The minimum atomic E-state index is -0.930. The highest BCUT2D eigenvalue weighted by molar-refractivity contribution is 6.30. The summed E-state index contributed by atoms with van der Waals surface area (Å²) in [6.07, 6.45) is 0. The number of esters is 1. The summed E-state index contributed by atoms with van der Waals surface area (Å²) in [6.45, 7) is 0.805. The van der Waals surface area contributed by atoms with Gasteiger partial charge in [0, 0.05) is 6.54 Å². The maximum Gasteiger partial charge on any atom is 0.325 e. The van der Waals surface area contributed by atoms with Crippen molar-refractivity contribution in [2.45, 2.75) is 5.38 Å². The third-order valence-electron chi connectivity index (χ3n) is 2.71. The third kappa shape index (κ3) is 3.14. The number of hydrogen-bond donors (Lipinski definition) is 1. The molecule has 7 heteroatoms. The fourth-order valence-corrected chi connectivity index (χ4v) is 1.91. The van der Waals surface area contributed by atoms with E-state index >= 15 is 0 Å². The standard InChI is InChI=1S/C13H14ClNO5/c1-18-13(17)9(14)7-15-12(16)8-3-2-4-10-11(8)20-6-5-19-10/h2-4,9H,5-7H2,1H3,(H,15,16). The zero-order valence-electron chi connectivity index (χ0n) is 10.8. The van der Waals surface area contributed by atoms with E-state index in [1.54, 1.807) is 18.2 Å². The molecule has 108 valence electrons. The van der Waals surface area contributed by atoms with E-state index in [1.165, 1.54) is 7.11 Å². The lowest BCUT2D eigenvalue weighted by atomic mass is 10.1. The van der Waals surface area contributed by atoms with Crippen molar-refractivity contribution in [3.8, 4) is 11.5 Å². The van der Waals surface area contributed by atoms with Gasteiger partial charge in [-0.1, -0.05) is 6.07 Å². The zero-order valence-corrected chi connectivity index (χ0v) is 11.6. The van der Waals surface area contributed by atoms with E-state index in [0.29, 0.717) is 30.3 Å². The fraction of sp³-hybridized carbons (Fsp3) is 0.385. The number of alkyl halides is 1. The van der Waals surface area contributed by atoms with Crippen molar-refractivity contribution >= 4 is 23.5 Å². The zero-order chi connectivity index (χ0) is 14.5. The number of fused-ring (bicyclic) bond motifs is 1. The normalized spacial score (nSPS) is 14.3. The molecule has 1 aliphatic rings. The number of rotatable bonds is 4. The van der Waals surface area contributed by atoms with E-state index in [1.807, 2.05) is 0 Å². The summed E-state index contributed by atoms with van der Waals surface area (Å²) in [5, 5.41) is 1.63. The first kappa shape index (κ1) is 14.5. The van der Waals surface area contributed by atoms with Gasteiger partial charge in [-0.3, -0.25) is 9.59 Å². The molecular weight excluding hydrogens is 286 g/mol. The lowest BCUT2D eigenvalue weighted by Crippen LogP contribution is -2.34. The SMILES string of the molecule is COC(=O)C(Cl)CNC(=O)c1cccc2c1OCCO2. The van der Waals surface area contributed by atoms with Crippen molar-refractivity contribution in [3.05, 3.63) is 23.8 Å². The molecule has 1 atom stereocenters. The van der Waals surface area contributed by atoms with Crippen molar-refractivity contribution in [3.63, 3.8) is 0 Å². The third-order valence-corrected chi connectivity index (χ3v) is 3.04. The van der Waals surface area contributed by atoms with Gasteiger partial charge in [0.25, 0.3) is 5.91 Å². The summed E-state index contributed by atoms with van der Waals surface area (Å²) in [4.78, 5) is 23.2. The topological polar surface area (TPSA) is 73.9 Å². The van der Waals surface area contributed by atoms with Crippen LogP contribution in [0.2, 0.25) is 0 Å².